The summed E-state index contributed by atoms with van der Waals surface area (Å²) < 4.78 is 10.9. The smallest absolute Gasteiger partial charge is 0.336 e. The summed E-state index contributed by atoms with van der Waals surface area (Å²) in [6.45, 7) is 3.90. The van der Waals surface area contributed by atoms with Crippen LogP contribution in [0.2, 0.25) is 0 Å². The minimum atomic E-state index is -0.458. The van der Waals surface area contributed by atoms with Gasteiger partial charge in [-0.3, -0.25) is 0 Å². The fraction of sp³-hybridized carbons (Fsp3) is 0.400. The van der Waals surface area contributed by atoms with Gasteiger partial charge in [0.25, 0.3) is 0 Å². The van der Waals surface area contributed by atoms with E-state index in [1.165, 1.54) is 7.11 Å². The molecule has 0 saturated heterocycles. The third-order valence-corrected chi connectivity index (χ3v) is 3.83. The normalized spacial score (nSPS) is 28.1. The van der Waals surface area contributed by atoms with Crippen LogP contribution in [-0.2, 0) is 9.53 Å². The Morgan fingerprint density at radius 3 is 2.95 bits per heavy atom. The molecular weight excluding hydrogens is 242 g/mol. The quantitative estimate of drug-likeness (QED) is 0.786. The summed E-state index contributed by atoms with van der Waals surface area (Å²) in [7, 11) is 1.42. The lowest BCUT2D eigenvalue weighted by atomic mass is 9.78. The van der Waals surface area contributed by atoms with Crippen molar-refractivity contribution in [1.29, 1.82) is 0 Å². The van der Waals surface area contributed by atoms with E-state index in [4.69, 9.17) is 9.47 Å². The van der Waals surface area contributed by atoms with Crippen LogP contribution in [0.1, 0.15) is 31.7 Å². The van der Waals surface area contributed by atoms with Crippen LogP contribution in [0.5, 0.6) is 5.75 Å². The van der Waals surface area contributed by atoms with Gasteiger partial charge < -0.3 is 14.8 Å². The first-order chi connectivity index (χ1) is 9.04. The number of ether oxygens (including phenoxy) is 2. The lowest BCUT2D eigenvalue weighted by Crippen LogP contribution is -2.54. The molecule has 2 heterocycles. The molecule has 4 heteroatoms. The van der Waals surface area contributed by atoms with Gasteiger partial charge in [0.05, 0.1) is 12.7 Å². The highest BCUT2D eigenvalue weighted by molar-refractivity contribution is 5.91. The number of para-hydroxylation sites is 1. The van der Waals surface area contributed by atoms with E-state index >= 15 is 0 Å². The second-order valence-corrected chi connectivity index (χ2v) is 5.28. The molecule has 1 aromatic rings. The van der Waals surface area contributed by atoms with Crippen molar-refractivity contribution in [3.63, 3.8) is 0 Å². The zero-order valence-corrected chi connectivity index (χ0v) is 11.3. The molecule has 1 N–H and O–H groups in total. The van der Waals surface area contributed by atoms with Gasteiger partial charge in [0.1, 0.15) is 5.75 Å². The molecule has 3 rings (SSSR count). The molecule has 100 valence electrons. The monoisotopic (exact) mass is 259 g/mol. The summed E-state index contributed by atoms with van der Waals surface area (Å²) >= 11 is 0. The molecule has 0 spiro atoms. The minimum Gasteiger partial charge on any atom is -0.468 e. The van der Waals surface area contributed by atoms with Crippen molar-refractivity contribution in [2.45, 2.75) is 31.9 Å². The molecule has 2 atom stereocenters. The van der Waals surface area contributed by atoms with Crippen LogP contribution in [0, 0.1) is 0 Å². The molecule has 19 heavy (non-hydrogen) atoms. The number of methoxy groups -OCH3 is 1. The number of hydrogen-bond acceptors (Lipinski definition) is 4. The van der Waals surface area contributed by atoms with Gasteiger partial charge in [0.2, 0.25) is 0 Å². The third-order valence-electron chi connectivity index (χ3n) is 3.83. The van der Waals surface area contributed by atoms with Crippen LogP contribution in [-0.4, -0.2) is 18.8 Å². The first kappa shape index (κ1) is 12.1. The van der Waals surface area contributed by atoms with Crippen molar-refractivity contribution in [3.8, 4) is 5.75 Å². The van der Waals surface area contributed by atoms with E-state index in [0.29, 0.717) is 5.57 Å². The van der Waals surface area contributed by atoms with Gasteiger partial charge in [-0.1, -0.05) is 18.2 Å². The zero-order valence-electron chi connectivity index (χ0n) is 11.3. The van der Waals surface area contributed by atoms with Crippen molar-refractivity contribution in [1.82, 2.24) is 5.32 Å². The molecule has 4 nitrogen and oxygen atoms in total. The molecule has 2 bridgehead atoms. The molecule has 0 aromatic heterocycles. The Kier molecular flexibility index (Phi) is 2.55. The average molecular weight is 259 g/mol. The van der Waals surface area contributed by atoms with Crippen LogP contribution in [0.15, 0.2) is 35.5 Å². The highest BCUT2D eigenvalue weighted by atomic mass is 16.5. The highest BCUT2D eigenvalue weighted by Gasteiger charge is 2.45. The van der Waals surface area contributed by atoms with E-state index in [1.54, 1.807) is 0 Å². The van der Waals surface area contributed by atoms with E-state index in [-0.39, 0.29) is 11.9 Å². The first-order valence-electron chi connectivity index (χ1n) is 6.39. The summed E-state index contributed by atoms with van der Waals surface area (Å²) in [5.41, 5.74) is 2.14. The van der Waals surface area contributed by atoms with Crippen molar-refractivity contribution in [2.24, 2.45) is 0 Å². The van der Waals surface area contributed by atoms with E-state index in [9.17, 15) is 4.79 Å². The fourth-order valence-electron chi connectivity index (χ4n) is 3.11. The van der Waals surface area contributed by atoms with Crippen LogP contribution in [0.25, 0.3) is 0 Å². The maximum absolute atomic E-state index is 12.0. The Morgan fingerprint density at radius 1 is 1.47 bits per heavy atom. The molecule has 1 aromatic carbocycles. The summed E-state index contributed by atoms with van der Waals surface area (Å²) in [6, 6.07) is 7.87. The second-order valence-electron chi connectivity index (χ2n) is 5.28. The number of benzene rings is 1. The molecule has 0 amide bonds. The Hall–Kier alpha value is -1.97. The fourth-order valence-corrected chi connectivity index (χ4v) is 3.11. The number of hydrogen-bond donors (Lipinski definition) is 1. The number of esters is 1. The van der Waals surface area contributed by atoms with Crippen LogP contribution in [0.3, 0.4) is 0 Å². The van der Waals surface area contributed by atoms with Gasteiger partial charge in [-0.05, 0) is 19.9 Å². The highest BCUT2D eigenvalue weighted by Crippen LogP contribution is 2.47. The second kappa shape index (κ2) is 4.02. The SMILES string of the molecule is COC(=O)C1=C(C)N[C@@]2(C)C[C@@H]1c1ccccc1O2. The van der Waals surface area contributed by atoms with Gasteiger partial charge in [0.15, 0.2) is 5.72 Å². The number of allylic oxidation sites excluding steroid dienone is 1. The Labute approximate surface area is 112 Å². The topological polar surface area (TPSA) is 47.6 Å². The maximum atomic E-state index is 12.0. The standard InChI is InChI=1S/C15H17NO3/c1-9-13(14(17)18-3)11-8-15(2,16-9)19-12-7-5-4-6-10(11)12/h4-7,11,16H,8H2,1-3H3/t11-,15-/m1/s1. The predicted molar refractivity (Wildman–Crippen MR) is 70.7 cm³/mol. The van der Waals surface area contributed by atoms with Gasteiger partial charge in [0, 0.05) is 23.6 Å². The molecule has 0 saturated carbocycles. The van der Waals surface area contributed by atoms with Gasteiger partial charge in [-0.25, -0.2) is 4.79 Å². The Morgan fingerprint density at radius 2 is 2.21 bits per heavy atom. The average Bonchev–Trinajstić information content (AvgIpc) is 2.37. The summed E-state index contributed by atoms with van der Waals surface area (Å²) in [4.78, 5) is 12.0. The lowest BCUT2D eigenvalue weighted by molar-refractivity contribution is -0.137. The van der Waals surface area contributed by atoms with Crippen molar-refractivity contribution in [2.75, 3.05) is 7.11 Å². The van der Waals surface area contributed by atoms with Gasteiger partial charge >= 0.3 is 5.97 Å². The Bertz CT molecular complexity index is 579. The van der Waals surface area contributed by atoms with Gasteiger partial charge in [-0.2, -0.15) is 0 Å². The number of carbonyl (C=O) groups is 1. The van der Waals surface area contributed by atoms with Gasteiger partial charge in [-0.15, -0.1) is 0 Å². The molecular formula is C15H17NO3. The lowest BCUT2D eigenvalue weighted by Gasteiger charge is -2.45. The molecule has 0 aliphatic carbocycles. The maximum Gasteiger partial charge on any atom is 0.336 e. The summed E-state index contributed by atoms with van der Waals surface area (Å²) in [5, 5.41) is 3.29. The molecule has 0 unspecified atom stereocenters. The minimum absolute atomic E-state index is 0.0312. The number of carbonyl (C=O) groups excluding carboxylic acids is 1. The van der Waals surface area contributed by atoms with Crippen molar-refractivity contribution >= 4 is 5.97 Å². The number of fused-ring (bicyclic) bond motifs is 4. The predicted octanol–water partition coefficient (Wildman–Crippen LogP) is 2.32. The number of nitrogens with one attached hydrogen (secondary N) is 1. The molecule has 2 aliphatic rings. The van der Waals surface area contributed by atoms with Crippen LogP contribution < -0.4 is 10.1 Å². The number of rotatable bonds is 1. The molecule has 0 fully saturated rings. The first-order valence-corrected chi connectivity index (χ1v) is 6.39. The van der Waals surface area contributed by atoms with E-state index in [1.807, 2.05) is 38.1 Å². The molecule has 2 aliphatic heterocycles. The Balaban J connectivity index is 2.17. The van der Waals surface area contributed by atoms with Crippen molar-refractivity contribution < 1.29 is 14.3 Å². The third kappa shape index (κ3) is 1.79. The van der Waals surface area contributed by atoms with Crippen LogP contribution >= 0.6 is 0 Å². The van der Waals surface area contributed by atoms with Crippen molar-refractivity contribution in [3.05, 3.63) is 41.1 Å². The molecule has 0 radical (unpaired) electrons. The summed E-state index contributed by atoms with van der Waals surface area (Å²) in [6.07, 6.45) is 0.728. The summed E-state index contributed by atoms with van der Waals surface area (Å²) in [5.74, 6) is 0.597. The van der Waals surface area contributed by atoms with E-state index in [0.717, 1.165) is 23.4 Å². The van der Waals surface area contributed by atoms with E-state index in [2.05, 4.69) is 5.32 Å². The zero-order chi connectivity index (χ0) is 13.6. The van der Waals surface area contributed by atoms with Crippen LogP contribution in [0.4, 0.5) is 0 Å². The van der Waals surface area contributed by atoms with E-state index < -0.39 is 5.72 Å². The largest absolute Gasteiger partial charge is 0.468 e.